The standard InChI is InChI=1S/C12H14ClFN2O3/c1-7(2)16(6-11(17)18)12(19)15-10-4-3-8(14)5-9(10)13/h3-5,7H,6H2,1-2H3,(H,15,19)(H,17,18). The van der Waals surface area contributed by atoms with Crippen LogP contribution < -0.4 is 5.32 Å². The van der Waals surface area contributed by atoms with Crippen LogP contribution in [0, 0.1) is 5.82 Å². The van der Waals surface area contributed by atoms with Gasteiger partial charge in [-0.2, -0.15) is 0 Å². The molecule has 0 saturated heterocycles. The second kappa shape index (κ2) is 6.38. The summed E-state index contributed by atoms with van der Waals surface area (Å²) in [7, 11) is 0. The topological polar surface area (TPSA) is 69.6 Å². The Bertz CT molecular complexity index is 494. The van der Waals surface area contributed by atoms with E-state index in [2.05, 4.69) is 5.32 Å². The molecule has 0 spiro atoms. The molecule has 5 nitrogen and oxygen atoms in total. The number of carboxylic acids is 1. The van der Waals surface area contributed by atoms with Crippen molar-refractivity contribution in [3.8, 4) is 0 Å². The summed E-state index contributed by atoms with van der Waals surface area (Å²) in [6.45, 7) is 2.95. The van der Waals surface area contributed by atoms with Gasteiger partial charge in [-0.1, -0.05) is 11.6 Å². The summed E-state index contributed by atoms with van der Waals surface area (Å²) in [5, 5.41) is 11.2. The van der Waals surface area contributed by atoms with Gasteiger partial charge in [-0.15, -0.1) is 0 Å². The van der Waals surface area contributed by atoms with E-state index >= 15 is 0 Å². The Hall–Kier alpha value is -1.82. The van der Waals surface area contributed by atoms with E-state index in [9.17, 15) is 14.0 Å². The fraction of sp³-hybridized carbons (Fsp3) is 0.333. The molecule has 0 aliphatic carbocycles. The van der Waals surface area contributed by atoms with Crippen LogP contribution in [-0.2, 0) is 4.79 Å². The third-order valence-electron chi connectivity index (χ3n) is 2.36. The smallest absolute Gasteiger partial charge is 0.323 e. The highest BCUT2D eigenvalue weighted by atomic mass is 35.5. The van der Waals surface area contributed by atoms with Crippen LogP contribution in [0.3, 0.4) is 0 Å². The molecular formula is C12H14ClFN2O3. The lowest BCUT2D eigenvalue weighted by atomic mass is 10.3. The molecule has 0 saturated carbocycles. The van der Waals surface area contributed by atoms with Crippen molar-refractivity contribution < 1.29 is 19.1 Å². The van der Waals surface area contributed by atoms with Crippen LogP contribution in [0.4, 0.5) is 14.9 Å². The van der Waals surface area contributed by atoms with Gasteiger partial charge in [-0.25, -0.2) is 9.18 Å². The lowest BCUT2D eigenvalue weighted by Crippen LogP contribution is -2.43. The van der Waals surface area contributed by atoms with E-state index in [1.807, 2.05) is 0 Å². The van der Waals surface area contributed by atoms with Gasteiger partial charge < -0.3 is 15.3 Å². The molecule has 0 aromatic heterocycles. The molecule has 1 rings (SSSR count). The first kappa shape index (κ1) is 15.2. The fourth-order valence-corrected chi connectivity index (χ4v) is 1.63. The minimum atomic E-state index is -1.12. The Balaban J connectivity index is 2.84. The summed E-state index contributed by atoms with van der Waals surface area (Å²) in [5.41, 5.74) is 0.226. The summed E-state index contributed by atoms with van der Waals surface area (Å²) in [4.78, 5) is 23.7. The zero-order valence-corrected chi connectivity index (χ0v) is 11.2. The van der Waals surface area contributed by atoms with Gasteiger partial charge in [-0.3, -0.25) is 4.79 Å². The second-order valence-corrected chi connectivity index (χ2v) is 4.58. The fourth-order valence-electron chi connectivity index (χ4n) is 1.41. The Kier molecular flexibility index (Phi) is 5.11. The summed E-state index contributed by atoms with van der Waals surface area (Å²) >= 11 is 5.77. The maximum absolute atomic E-state index is 12.9. The van der Waals surface area contributed by atoms with Crippen molar-refractivity contribution in [3.05, 3.63) is 29.0 Å². The van der Waals surface area contributed by atoms with E-state index in [0.29, 0.717) is 0 Å². The average molecular weight is 289 g/mol. The van der Waals surface area contributed by atoms with Crippen LogP contribution in [0.1, 0.15) is 13.8 Å². The first-order chi connectivity index (χ1) is 8.81. The molecule has 0 radical (unpaired) electrons. The third kappa shape index (κ3) is 4.40. The first-order valence-electron chi connectivity index (χ1n) is 5.55. The highest BCUT2D eigenvalue weighted by Gasteiger charge is 2.20. The van der Waals surface area contributed by atoms with Gasteiger partial charge in [-0.05, 0) is 32.0 Å². The molecule has 19 heavy (non-hydrogen) atoms. The van der Waals surface area contributed by atoms with Gasteiger partial charge in [0, 0.05) is 6.04 Å². The molecule has 2 N–H and O–H groups in total. The number of nitrogens with zero attached hydrogens (tertiary/aromatic N) is 1. The maximum atomic E-state index is 12.9. The van der Waals surface area contributed by atoms with Gasteiger partial charge in [0.1, 0.15) is 12.4 Å². The lowest BCUT2D eigenvalue weighted by molar-refractivity contribution is -0.137. The molecule has 0 atom stereocenters. The van der Waals surface area contributed by atoms with Crippen molar-refractivity contribution in [2.24, 2.45) is 0 Å². The number of nitrogens with one attached hydrogen (secondary N) is 1. The lowest BCUT2D eigenvalue weighted by Gasteiger charge is -2.25. The van der Waals surface area contributed by atoms with E-state index < -0.39 is 24.4 Å². The molecule has 0 aliphatic heterocycles. The highest BCUT2D eigenvalue weighted by molar-refractivity contribution is 6.33. The minimum absolute atomic E-state index is 0.0485. The largest absolute Gasteiger partial charge is 0.480 e. The van der Waals surface area contributed by atoms with Crippen LogP contribution in [0.5, 0.6) is 0 Å². The number of urea groups is 1. The number of hydrogen-bond donors (Lipinski definition) is 2. The molecule has 0 bridgehead atoms. The highest BCUT2D eigenvalue weighted by Crippen LogP contribution is 2.22. The molecule has 1 aromatic rings. The Morgan fingerprint density at radius 1 is 1.47 bits per heavy atom. The number of carbonyl (C=O) groups excluding carboxylic acids is 1. The van der Waals surface area contributed by atoms with Crippen LogP contribution in [-0.4, -0.2) is 34.6 Å². The summed E-state index contributed by atoms with van der Waals surface area (Å²) < 4.78 is 12.9. The van der Waals surface area contributed by atoms with Gasteiger partial charge >= 0.3 is 12.0 Å². The van der Waals surface area contributed by atoms with Crippen LogP contribution >= 0.6 is 11.6 Å². The van der Waals surface area contributed by atoms with Crippen molar-refractivity contribution >= 4 is 29.3 Å². The Labute approximate surface area is 115 Å². The zero-order chi connectivity index (χ0) is 14.6. The van der Waals surface area contributed by atoms with Crippen LogP contribution in [0.25, 0.3) is 0 Å². The first-order valence-corrected chi connectivity index (χ1v) is 5.93. The van der Waals surface area contributed by atoms with Crippen molar-refractivity contribution in [2.75, 3.05) is 11.9 Å². The van der Waals surface area contributed by atoms with Gasteiger partial charge in [0.15, 0.2) is 0 Å². The minimum Gasteiger partial charge on any atom is -0.480 e. The quantitative estimate of drug-likeness (QED) is 0.895. The van der Waals surface area contributed by atoms with Crippen molar-refractivity contribution in [1.29, 1.82) is 0 Å². The number of rotatable bonds is 4. The van der Waals surface area contributed by atoms with E-state index in [1.54, 1.807) is 13.8 Å². The van der Waals surface area contributed by atoms with Crippen LogP contribution in [0.2, 0.25) is 5.02 Å². The van der Waals surface area contributed by atoms with E-state index in [4.69, 9.17) is 16.7 Å². The Morgan fingerprint density at radius 2 is 2.11 bits per heavy atom. The number of hydrogen-bond acceptors (Lipinski definition) is 2. The van der Waals surface area contributed by atoms with Crippen molar-refractivity contribution in [3.63, 3.8) is 0 Å². The molecular weight excluding hydrogens is 275 g/mol. The van der Waals surface area contributed by atoms with E-state index in [1.165, 1.54) is 6.07 Å². The summed E-state index contributed by atoms with van der Waals surface area (Å²) in [6.07, 6.45) is 0. The number of carboxylic acid groups (broad SMARTS) is 1. The maximum Gasteiger partial charge on any atom is 0.323 e. The number of anilines is 1. The molecule has 104 valence electrons. The van der Waals surface area contributed by atoms with E-state index in [0.717, 1.165) is 17.0 Å². The monoisotopic (exact) mass is 288 g/mol. The number of aliphatic carboxylic acids is 1. The number of halogens is 2. The van der Waals surface area contributed by atoms with Crippen LogP contribution in [0.15, 0.2) is 18.2 Å². The summed E-state index contributed by atoms with van der Waals surface area (Å²) in [6, 6.07) is 2.63. The number of amides is 2. The zero-order valence-electron chi connectivity index (χ0n) is 10.5. The number of benzene rings is 1. The predicted molar refractivity (Wildman–Crippen MR) is 69.9 cm³/mol. The molecule has 0 aliphatic rings. The second-order valence-electron chi connectivity index (χ2n) is 4.17. The number of carbonyl (C=O) groups is 2. The van der Waals surface area contributed by atoms with Gasteiger partial charge in [0.25, 0.3) is 0 Å². The molecule has 0 fully saturated rings. The Morgan fingerprint density at radius 3 is 2.58 bits per heavy atom. The average Bonchev–Trinajstić information content (AvgIpc) is 2.29. The van der Waals surface area contributed by atoms with Crippen molar-refractivity contribution in [2.45, 2.75) is 19.9 Å². The molecule has 0 unspecified atom stereocenters. The normalized spacial score (nSPS) is 10.4. The molecule has 0 heterocycles. The SMILES string of the molecule is CC(C)N(CC(=O)O)C(=O)Nc1ccc(F)cc1Cl. The summed E-state index contributed by atoms with van der Waals surface area (Å²) in [5.74, 6) is -1.64. The molecule has 7 heteroatoms. The third-order valence-corrected chi connectivity index (χ3v) is 2.68. The van der Waals surface area contributed by atoms with Gasteiger partial charge in [0.05, 0.1) is 10.7 Å². The molecule has 1 aromatic carbocycles. The predicted octanol–water partition coefficient (Wildman–Crippen LogP) is 2.81. The van der Waals surface area contributed by atoms with E-state index in [-0.39, 0.29) is 16.8 Å². The van der Waals surface area contributed by atoms with Gasteiger partial charge in [0.2, 0.25) is 0 Å². The van der Waals surface area contributed by atoms with Crippen molar-refractivity contribution in [1.82, 2.24) is 4.90 Å². The molecule has 2 amide bonds.